The Morgan fingerprint density at radius 2 is 2.09 bits per heavy atom. The second-order valence-electron chi connectivity index (χ2n) is 6.17. The molecule has 3 aliphatic heterocycles. The van der Waals surface area contributed by atoms with E-state index in [1.165, 1.54) is 24.2 Å². The maximum Gasteiger partial charge on any atom is 0.237 e. The van der Waals surface area contributed by atoms with Crippen molar-refractivity contribution in [2.45, 2.75) is 31.8 Å². The second-order valence-corrected chi connectivity index (χ2v) is 7.02. The summed E-state index contributed by atoms with van der Waals surface area (Å²) in [6.45, 7) is 2.60. The Labute approximate surface area is 139 Å². The number of nitrogens with one attached hydrogen (secondary N) is 1. The van der Waals surface area contributed by atoms with E-state index in [1.54, 1.807) is 18.5 Å². The lowest BCUT2D eigenvalue weighted by Crippen LogP contribution is -2.55. The monoisotopic (exact) mass is 329 g/mol. The molecule has 0 spiro atoms. The zero-order valence-corrected chi connectivity index (χ0v) is 13.6. The number of hydrogen-bond donors (Lipinski definition) is 1. The normalized spacial score (nSPS) is 26.2. The first kappa shape index (κ1) is 14.7. The summed E-state index contributed by atoms with van der Waals surface area (Å²) in [5.74, 6) is 1.50. The molecule has 23 heavy (non-hydrogen) atoms. The predicted octanol–water partition coefficient (Wildman–Crippen LogP) is 1.70. The van der Waals surface area contributed by atoms with Crippen LogP contribution in [0.5, 0.6) is 0 Å². The van der Waals surface area contributed by atoms with Gasteiger partial charge in [-0.1, -0.05) is 0 Å². The van der Waals surface area contributed by atoms with Crippen molar-refractivity contribution in [3.05, 3.63) is 29.5 Å². The van der Waals surface area contributed by atoms with Crippen molar-refractivity contribution < 1.29 is 4.79 Å². The molecule has 2 aromatic rings. The molecule has 1 amide bonds. The predicted molar refractivity (Wildman–Crippen MR) is 87.7 cm³/mol. The first-order chi connectivity index (χ1) is 11.3. The van der Waals surface area contributed by atoms with E-state index in [1.807, 2.05) is 5.38 Å². The summed E-state index contributed by atoms with van der Waals surface area (Å²) in [7, 11) is 0. The number of rotatable bonds is 4. The molecule has 7 heteroatoms. The number of carbonyl (C=O) groups excluding carboxylic acids is 1. The van der Waals surface area contributed by atoms with E-state index < -0.39 is 0 Å². The van der Waals surface area contributed by atoms with E-state index in [0.29, 0.717) is 12.4 Å². The number of amides is 1. The standard InChI is InChI=1S/C16H19N5OS/c22-15(13-8-11-2-6-21(13)7-3-11)19-9-12-10-23-16(20-12)14-17-4-1-5-18-14/h1,4-5,10-11,13H,2-3,6-9H2,(H,19,22). The fourth-order valence-electron chi connectivity index (χ4n) is 3.43. The molecular weight excluding hydrogens is 310 g/mol. The molecular formula is C16H19N5OS. The minimum absolute atomic E-state index is 0.0538. The topological polar surface area (TPSA) is 71.0 Å². The molecule has 3 aliphatic rings. The summed E-state index contributed by atoms with van der Waals surface area (Å²) in [6.07, 6.45) is 6.91. The van der Waals surface area contributed by atoms with E-state index >= 15 is 0 Å². The third-order valence-electron chi connectivity index (χ3n) is 4.70. The van der Waals surface area contributed by atoms with Gasteiger partial charge >= 0.3 is 0 Å². The average Bonchev–Trinajstić information content (AvgIpc) is 3.10. The third kappa shape index (κ3) is 3.11. The van der Waals surface area contributed by atoms with Crippen molar-refractivity contribution >= 4 is 17.2 Å². The largest absolute Gasteiger partial charge is 0.349 e. The molecule has 3 saturated heterocycles. The molecule has 0 aliphatic carbocycles. The Kier molecular flexibility index (Phi) is 4.05. The van der Waals surface area contributed by atoms with Gasteiger partial charge in [0.1, 0.15) is 0 Å². The van der Waals surface area contributed by atoms with E-state index in [9.17, 15) is 4.79 Å². The van der Waals surface area contributed by atoms with Crippen molar-refractivity contribution in [2.75, 3.05) is 13.1 Å². The summed E-state index contributed by atoms with van der Waals surface area (Å²) < 4.78 is 0. The van der Waals surface area contributed by atoms with Crippen LogP contribution in [0.2, 0.25) is 0 Å². The van der Waals surface area contributed by atoms with E-state index in [0.717, 1.165) is 36.1 Å². The lowest BCUT2D eigenvalue weighted by atomic mass is 9.83. The number of aromatic nitrogens is 3. The smallest absolute Gasteiger partial charge is 0.237 e. The van der Waals surface area contributed by atoms with Crippen LogP contribution in [0.1, 0.15) is 25.0 Å². The number of fused-ring (bicyclic) bond motifs is 3. The van der Waals surface area contributed by atoms with Gasteiger partial charge in [0.2, 0.25) is 5.91 Å². The molecule has 0 radical (unpaired) electrons. The quantitative estimate of drug-likeness (QED) is 0.924. The number of thiazole rings is 1. The minimum atomic E-state index is 0.0538. The molecule has 1 unspecified atom stereocenters. The Hall–Kier alpha value is -1.86. The fourth-order valence-corrected chi connectivity index (χ4v) is 4.20. The van der Waals surface area contributed by atoms with Crippen LogP contribution in [0.3, 0.4) is 0 Å². The Bertz CT molecular complexity index is 681. The highest BCUT2D eigenvalue weighted by Crippen LogP contribution is 2.31. The van der Waals surface area contributed by atoms with Gasteiger partial charge in [-0.25, -0.2) is 15.0 Å². The van der Waals surface area contributed by atoms with Crippen molar-refractivity contribution in [1.82, 2.24) is 25.2 Å². The van der Waals surface area contributed by atoms with Crippen LogP contribution in [0.25, 0.3) is 10.8 Å². The lowest BCUT2D eigenvalue weighted by molar-refractivity contribution is -0.130. The molecule has 5 heterocycles. The SMILES string of the molecule is O=C(NCc1csc(-c2ncccn2)n1)C1CC2CCN1CC2. The molecule has 1 atom stereocenters. The fraction of sp³-hybridized carbons (Fsp3) is 0.500. The van der Waals surface area contributed by atoms with Crippen LogP contribution in [-0.2, 0) is 11.3 Å². The summed E-state index contributed by atoms with van der Waals surface area (Å²) in [5, 5.41) is 5.79. The van der Waals surface area contributed by atoms with Crippen molar-refractivity contribution in [2.24, 2.45) is 5.92 Å². The van der Waals surface area contributed by atoms with Gasteiger partial charge in [-0.3, -0.25) is 9.69 Å². The van der Waals surface area contributed by atoms with Gasteiger partial charge in [-0.2, -0.15) is 0 Å². The van der Waals surface area contributed by atoms with Gasteiger partial charge in [-0.15, -0.1) is 11.3 Å². The maximum atomic E-state index is 12.4. The molecule has 6 nitrogen and oxygen atoms in total. The molecule has 120 valence electrons. The summed E-state index contributed by atoms with van der Waals surface area (Å²) >= 11 is 1.50. The maximum absolute atomic E-state index is 12.4. The number of nitrogens with zero attached hydrogens (tertiary/aromatic N) is 4. The van der Waals surface area contributed by atoms with Crippen LogP contribution in [-0.4, -0.2) is 44.9 Å². The van der Waals surface area contributed by atoms with Crippen LogP contribution in [0.15, 0.2) is 23.8 Å². The van der Waals surface area contributed by atoms with Crippen molar-refractivity contribution in [1.29, 1.82) is 0 Å². The van der Waals surface area contributed by atoms with Gasteiger partial charge in [-0.05, 0) is 44.3 Å². The van der Waals surface area contributed by atoms with Gasteiger partial charge < -0.3 is 5.32 Å². The Balaban J connectivity index is 1.36. The van der Waals surface area contributed by atoms with E-state index in [-0.39, 0.29) is 11.9 Å². The number of piperidine rings is 3. The first-order valence-corrected chi connectivity index (χ1v) is 8.91. The van der Waals surface area contributed by atoms with Crippen molar-refractivity contribution in [3.8, 4) is 10.8 Å². The average molecular weight is 329 g/mol. The molecule has 3 fully saturated rings. The first-order valence-electron chi connectivity index (χ1n) is 8.03. The highest BCUT2D eigenvalue weighted by molar-refractivity contribution is 7.13. The molecule has 2 bridgehead atoms. The van der Waals surface area contributed by atoms with Crippen molar-refractivity contribution in [3.63, 3.8) is 0 Å². The van der Waals surface area contributed by atoms with Crippen LogP contribution in [0.4, 0.5) is 0 Å². The van der Waals surface area contributed by atoms with Gasteiger partial charge in [0.05, 0.1) is 18.3 Å². The van der Waals surface area contributed by atoms with Crippen LogP contribution < -0.4 is 5.32 Å². The van der Waals surface area contributed by atoms with Gasteiger partial charge in [0, 0.05) is 17.8 Å². The zero-order chi connectivity index (χ0) is 15.6. The van der Waals surface area contributed by atoms with E-state index in [4.69, 9.17) is 0 Å². The Morgan fingerprint density at radius 1 is 1.30 bits per heavy atom. The van der Waals surface area contributed by atoms with Gasteiger partial charge in [0.15, 0.2) is 10.8 Å². The zero-order valence-electron chi connectivity index (χ0n) is 12.8. The van der Waals surface area contributed by atoms with E-state index in [2.05, 4.69) is 25.2 Å². The number of carbonyl (C=O) groups is 1. The molecule has 1 N–H and O–H groups in total. The summed E-state index contributed by atoms with van der Waals surface area (Å²) in [4.78, 5) is 27.7. The Morgan fingerprint density at radius 3 is 2.78 bits per heavy atom. The second kappa shape index (κ2) is 6.33. The summed E-state index contributed by atoms with van der Waals surface area (Å²) in [5.41, 5.74) is 0.863. The molecule has 0 saturated carbocycles. The highest BCUT2D eigenvalue weighted by Gasteiger charge is 2.37. The number of hydrogen-bond acceptors (Lipinski definition) is 6. The highest BCUT2D eigenvalue weighted by atomic mass is 32.1. The lowest BCUT2D eigenvalue weighted by Gasteiger charge is -2.44. The summed E-state index contributed by atoms with van der Waals surface area (Å²) in [6, 6.07) is 1.84. The molecule has 0 aromatic carbocycles. The van der Waals surface area contributed by atoms with Gasteiger partial charge in [0.25, 0.3) is 0 Å². The molecule has 2 aromatic heterocycles. The van der Waals surface area contributed by atoms with Crippen LogP contribution >= 0.6 is 11.3 Å². The molecule has 5 rings (SSSR count). The van der Waals surface area contributed by atoms with Crippen LogP contribution in [0, 0.1) is 5.92 Å². The third-order valence-corrected chi connectivity index (χ3v) is 5.59. The minimum Gasteiger partial charge on any atom is -0.349 e.